The highest BCUT2D eigenvalue weighted by Gasteiger charge is 2.57. The minimum absolute atomic E-state index is 0.0431. The maximum absolute atomic E-state index is 13.3. The molecule has 0 aliphatic carbocycles. The summed E-state index contributed by atoms with van der Waals surface area (Å²) in [7, 11) is -3.54. The molecule has 6 nitrogen and oxygen atoms in total. The van der Waals surface area contributed by atoms with E-state index in [0.717, 1.165) is 23.8 Å². The normalized spacial score (nSPS) is 22.4. The van der Waals surface area contributed by atoms with Crippen LogP contribution in [0.1, 0.15) is 30.1 Å². The fourth-order valence-electron chi connectivity index (χ4n) is 4.60. The first-order valence-electron chi connectivity index (χ1n) is 9.55. The Labute approximate surface area is 164 Å². The molecular formula is C21H22N2O4S. The molecule has 3 aromatic rings. The quantitative estimate of drug-likeness (QED) is 0.672. The highest BCUT2D eigenvalue weighted by atomic mass is 32.2. The second-order valence-electron chi connectivity index (χ2n) is 7.71. The Bertz CT molecular complexity index is 1090. The van der Waals surface area contributed by atoms with Crippen molar-refractivity contribution in [1.82, 2.24) is 9.46 Å². The first kappa shape index (κ1) is 17.8. The Kier molecular flexibility index (Phi) is 4.26. The number of fused-ring (bicyclic) bond motifs is 1. The number of rotatable bonds is 4. The highest BCUT2D eigenvalue weighted by molar-refractivity contribution is 7.88. The van der Waals surface area contributed by atoms with Crippen LogP contribution in [-0.2, 0) is 20.5 Å². The summed E-state index contributed by atoms with van der Waals surface area (Å²) >= 11 is 0. The molecule has 28 heavy (non-hydrogen) atoms. The van der Waals surface area contributed by atoms with Gasteiger partial charge < -0.3 is 9.26 Å². The summed E-state index contributed by atoms with van der Waals surface area (Å²) in [5.74, 6) is -0.153. The zero-order chi connectivity index (χ0) is 19.2. The van der Waals surface area contributed by atoms with Crippen LogP contribution in [0, 0.1) is 5.41 Å². The molecule has 1 unspecified atom stereocenters. The van der Waals surface area contributed by atoms with Crippen LogP contribution in [0.2, 0.25) is 0 Å². The molecule has 3 heterocycles. The number of hydrogen-bond donors (Lipinski definition) is 0. The van der Waals surface area contributed by atoms with Crippen LogP contribution in [0.4, 0.5) is 0 Å². The molecule has 5 rings (SSSR count). The van der Waals surface area contributed by atoms with E-state index in [1.807, 2.05) is 48.5 Å². The van der Waals surface area contributed by atoms with Gasteiger partial charge in [-0.3, -0.25) is 0 Å². The second-order valence-corrected chi connectivity index (χ2v) is 9.64. The topological polar surface area (TPSA) is 72.6 Å². The summed E-state index contributed by atoms with van der Waals surface area (Å²) in [6.07, 6.45) is 1.76. The molecule has 7 heteroatoms. The molecule has 146 valence electrons. The van der Waals surface area contributed by atoms with Gasteiger partial charge in [0.1, 0.15) is 11.4 Å². The molecular weight excluding hydrogens is 376 g/mol. The maximum atomic E-state index is 13.3. The molecule has 0 bridgehead atoms. The molecule has 0 N–H and O–H groups in total. The Morgan fingerprint density at radius 2 is 1.75 bits per heavy atom. The molecule has 2 aliphatic heterocycles. The van der Waals surface area contributed by atoms with Crippen LogP contribution in [-0.4, -0.2) is 37.6 Å². The van der Waals surface area contributed by atoms with Crippen LogP contribution in [0.5, 0.6) is 0 Å². The third kappa shape index (κ3) is 2.85. The number of benzene rings is 2. The smallest absolute Gasteiger partial charge is 0.220 e. The second kappa shape index (κ2) is 6.69. The highest BCUT2D eigenvalue weighted by Crippen LogP contribution is 2.56. The average molecular weight is 398 g/mol. The lowest BCUT2D eigenvalue weighted by Crippen LogP contribution is -2.62. The van der Waals surface area contributed by atoms with Crippen molar-refractivity contribution in [2.75, 3.05) is 19.8 Å². The van der Waals surface area contributed by atoms with Gasteiger partial charge in [-0.05, 0) is 30.5 Å². The predicted molar refractivity (Wildman–Crippen MR) is 105 cm³/mol. The standard InChI is InChI=1S/C21H22N2O4S/c24-28(25,14-18-17-8-4-5-9-19(17)27-22-18)23-15-21(10-12-26-13-11-21)20(23)16-6-2-1-3-7-16/h1-9,20H,10-15H2. The van der Waals surface area contributed by atoms with Gasteiger partial charge in [0.15, 0.2) is 5.58 Å². The number of para-hydroxylation sites is 1. The molecule has 0 radical (unpaired) electrons. The number of sulfonamides is 1. The minimum atomic E-state index is -3.54. The fraction of sp³-hybridized carbons (Fsp3) is 0.381. The molecule has 2 fully saturated rings. The van der Waals surface area contributed by atoms with Crippen LogP contribution in [0.3, 0.4) is 0 Å². The van der Waals surface area contributed by atoms with Gasteiger partial charge in [-0.15, -0.1) is 0 Å². The lowest BCUT2D eigenvalue weighted by molar-refractivity contribution is -0.0953. The van der Waals surface area contributed by atoms with Crippen molar-refractivity contribution in [3.05, 3.63) is 65.9 Å². The van der Waals surface area contributed by atoms with E-state index in [-0.39, 0.29) is 17.2 Å². The number of nitrogens with zero attached hydrogens (tertiary/aromatic N) is 2. The van der Waals surface area contributed by atoms with Gasteiger partial charge in [-0.2, -0.15) is 4.31 Å². The van der Waals surface area contributed by atoms with E-state index in [9.17, 15) is 8.42 Å². The van der Waals surface area contributed by atoms with Gasteiger partial charge in [0, 0.05) is 30.6 Å². The molecule has 1 atom stereocenters. The van der Waals surface area contributed by atoms with Crippen LogP contribution in [0.25, 0.3) is 11.0 Å². The summed E-state index contributed by atoms with van der Waals surface area (Å²) in [5.41, 5.74) is 2.08. The first-order chi connectivity index (χ1) is 13.6. The third-order valence-electron chi connectivity index (χ3n) is 6.07. The van der Waals surface area contributed by atoms with Crippen LogP contribution < -0.4 is 0 Å². The van der Waals surface area contributed by atoms with Crippen molar-refractivity contribution < 1.29 is 17.7 Å². The number of hydrogen-bond acceptors (Lipinski definition) is 5. The summed E-state index contributed by atoms with van der Waals surface area (Å²) in [4.78, 5) is 0. The summed E-state index contributed by atoms with van der Waals surface area (Å²) < 4.78 is 39.2. The van der Waals surface area contributed by atoms with E-state index in [0.29, 0.717) is 31.0 Å². The van der Waals surface area contributed by atoms with Crippen molar-refractivity contribution >= 4 is 21.0 Å². The monoisotopic (exact) mass is 398 g/mol. The van der Waals surface area contributed by atoms with E-state index in [1.54, 1.807) is 10.4 Å². The summed E-state index contributed by atoms with van der Waals surface area (Å²) in [6.45, 7) is 1.91. The van der Waals surface area contributed by atoms with E-state index < -0.39 is 10.0 Å². The predicted octanol–water partition coefficient (Wildman–Crippen LogP) is 3.51. The molecule has 1 aromatic heterocycles. The lowest BCUT2D eigenvalue weighted by Gasteiger charge is -2.58. The third-order valence-corrected chi connectivity index (χ3v) is 7.76. The van der Waals surface area contributed by atoms with Gasteiger partial charge in [-0.25, -0.2) is 8.42 Å². The Hall–Kier alpha value is -2.22. The fourth-order valence-corrected chi connectivity index (χ4v) is 6.44. The van der Waals surface area contributed by atoms with Gasteiger partial charge in [0.05, 0.1) is 6.04 Å². The number of ether oxygens (including phenoxy) is 1. The van der Waals surface area contributed by atoms with Gasteiger partial charge in [-0.1, -0.05) is 47.6 Å². The zero-order valence-electron chi connectivity index (χ0n) is 15.5. The van der Waals surface area contributed by atoms with Crippen molar-refractivity contribution in [2.45, 2.75) is 24.6 Å². The largest absolute Gasteiger partial charge is 0.381 e. The molecule has 2 aromatic carbocycles. The van der Waals surface area contributed by atoms with E-state index in [1.165, 1.54) is 0 Å². The Balaban J connectivity index is 1.48. The Morgan fingerprint density at radius 3 is 2.54 bits per heavy atom. The summed E-state index contributed by atoms with van der Waals surface area (Å²) in [6, 6.07) is 17.1. The van der Waals surface area contributed by atoms with Gasteiger partial charge in [0.25, 0.3) is 0 Å². The SMILES string of the molecule is O=S(=O)(Cc1noc2ccccc12)N1CC2(CCOCC2)C1c1ccccc1. The Morgan fingerprint density at radius 1 is 1.04 bits per heavy atom. The number of aromatic nitrogens is 1. The average Bonchev–Trinajstić information content (AvgIpc) is 3.10. The molecule has 2 aliphatic rings. The summed E-state index contributed by atoms with van der Waals surface area (Å²) in [5, 5.41) is 4.78. The van der Waals surface area contributed by atoms with Crippen molar-refractivity contribution in [2.24, 2.45) is 5.41 Å². The van der Waals surface area contributed by atoms with Crippen LogP contribution >= 0.6 is 0 Å². The van der Waals surface area contributed by atoms with Gasteiger partial charge in [0.2, 0.25) is 10.0 Å². The lowest BCUT2D eigenvalue weighted by atomic mass is 9.65. The first-order valence-corrected chi connectivity index (χ1v) is 11.2. The van der Waals surface area contributed by atoms with Gasteiger partial charge >= 0.3 is 0 Å². The van der Waals surface area contributed by atoms with Crippen molar-refractivity contribution in [3.8, 4) is 0 Å². The zero-order valence-corrected chi connectivity index (χ0v) is 16.3. The molecule has 1 spiro atoms. The van der Waals surface area contributed by atoms with Crippen molar-refractivity contribution in [1.29, 1.82) is 0 Å². The van der Waals surface area contributed by atoms with Crippen LogP contribution in [0.15, 0.2) is 59.1 Å². The molecule has 0 amide bonds. The van der Waals surface area contributed by atoms with E-state index in [4.69, 9.17) is 9.26 Å². The van der Waals surface area contributed by atoms with E-state index in [2.05, 4.69) is 5.16 Å². The van der Waals surface area contributed by atoms with Crippen molar-refractivity contribution in [3.63, 3.8) is 0 Å². The maximum Gasteiger partial charge on any atom is 0.220 e. The van der Waals surface area contributed by atoms with E-state index >= 15 is 0 Å². The molecule has 2 saturated heterocycles. The minimum Gasteiger partial charge on any atom is -0.381 e. The molecule has 0 saturated carbocycles.